The van der Waals surface area contributed by atoms with E-state index < -0.39 is 6.03 Å². The first kappa shape index (κ1) is 20.9. The van der Waals surface area contributed by atoms with Crippen LogP contribution in [0.15, 0.2) is 47.1 Å². The van der Waals surface area contributed by atoms with Gasteiger partial charge in [-0.3, -0.25) is 9.69 Å². The number of carbonyl (C=O) groups is 2. The van der Waals surface area contributed by atoms with Crippen LogP contribution in [0, 0.1) is 5.92 Å². The van der Waals surface area contributed by atoms with Crippen molar-refractivity contribution in [3.05, 3.63) is 59.5 Å². The Bertz CT molecular complexity index is 766. The van der Waals surface area contributed by atoms with E-state index in [0.717, 1.165) is 18.0 Å². The maximum absolute atomic E-state index is 11.9. The van der Waals surface area contributed by atoms with E-state index in [-0.39, 0.29) is 19.0 Å². The lowest BCUT2D eigenvalue weighted by Gasteiger charge is -2.30. The second-order valence-corrected chi connectivity index (χ2v) is 7.67. The fourth-order valence-corrected chi connectivity index (χ4v) is 3.31. The molecule has 1 aromatic heterocycles. The first-order chi connectivity index (χ1) is 14.1. The van der Waals surface area contributed by atoms with Crippen molar-refractivity contribution in [1.82, 2.24) is 20.9 Å². The highest BCUT2D eigenvalue weighted by atomic mass is 16.3. The van der Waals surface area contributed by atoms with Crippen LogP contribution in [0.25, 0.3) is 0 Å². The van der Waals surface area contributed by atoms with Crippen LogP contribution in [-0.2, 0) is 24.4 Å². The minimum Gasteiger partial charge on any atom is -0.467 e. The molecule has 1 saturated heterocycles. The van der Waals surface area contributed by atoms with Crippen molar-refractivity contribution >= 4 is 11.9 Å². The van der Waals surface area contributed by atoms with Gasteiger partial charge in [-0.05, 0) is 55.1 Å². The third kappa shape index (κ3) is 7.27. The number of urea groups is 1. The Labute approximate surface area is 171 Å². The number of carbonyl (C=O) groups excluding carboxylic acids is 2. The predicted octanol–water partition coefficient (Wildman–Crippen LogP) is 2.63. The third-order valence-corrected chi connectivity index (χ3v) is 5.21. The Hall–Kier alpha value is -2.80. The van der Waals surface area contributed by atoms with Gasteiger partial charge in [0.1, 0.15) is 5.76 Å². The molecule has 1 aromatic carbocycles. The van der Waals surface area contributed by atoms with E-state index in [1.807, 2.05) is 12.1 Å². The topological polar surface area (TPSA) is 86.6 Å². The smallest absolute Gasteiger partial charge is 0.315 e. The molecule has 2 heterocycles. The summed E-state index contributed by atoms with van der Waals surface area (Å²) in [6.07, 6.45) is 4.10. The minimum atomic E-state index is -0.409. The first-order valence-electron chi connectivity index (χ1n) is 10.2. The molecule has 0 radical (unpaired) electrons. The molecule has 2 aromatic rings. The number of piperidine rings is 1. The average Bonchev–Trinajstić information content (AvgIpc) is 3.25. The summed E-state index contributed by atoms with van der Waals surface area (Å²) in [6.45, 7) is 6.29. The second kappa shape index (κ2) is 10.7. The van der Waals surface area contributed by atoms with Crippen molar-refractivity contribution in [3.63, 3.8) is 0 Å². The summed E-state index contributed by atoms with van der Waals surface area (Å²) in [7, 11) is 0. The number of hydrogen-bond acceptors (Lipinski definition) is 4. The Balaban J connectivity index is 1.31. The van der Waals surface area contributed by atoms with Gasteiger partial charge in [0.2, 0.25) is 5.91 Å². The number of nitrogens with zero attached hydrogens (tertiary/aromatic N) is 1. The highest BCUT2D eigenvalue weighted by Crippen LogP contribution is 2.18. The van der Waals surface area contributed by atoms with Crippen LogP contribution in [0.2, 0.25) is 0 Å². The Morgan fingerprint density at radius 3 is 2.41 bits per heavy atom. The molecule has 3 rings (SSSR count). The zero-order chi connectivity index (χ0) is 20.5. The number of amides is 3. The maximum Gasteiger partial charge on any atom is 0.315 e. The number of rotatable bonds is 8. The summed E-state index contributed by atoms with van der Waals surface area (Å²) in [4.78, 5) is 26.1. The van der Waals surface area contributed by atoms with Crippen LogP contribution < -0.4 is 16.0 Å². The maximum atomic E-state index is 11.9. The first-order valence-corrected chi connectivity index (χ1v) is 10.2. The van der Waals surface area contributed by atoms with Crippen LogP contribution in [0.1, 0.15) is 36.7 Å². The van der Waals surface area contributed by atoms with Crippen molar-refractivity contribution in [2.24, 2.45) is 5.92 Å². The van der Waals surface area contributed by atoms with E-state index in [9.17, 15) is 9.59 Å². The zero-order valence-corrected chi connectivity index (χ0v) is 16.9. The Kier molecular flexibility index (Phi) is 7.69. The lowest BCUT2D eigenvalue weighted by Crippen LogP contribution is -2.41. The molecule has 0 unspecified atom stereocenters. The standard InChI is InChI=1S/C22H30N4O3/c1-17-8-10-26(11-9-17)16-19-6-4-18(5-7-19)13-23-21(27)15-25-22(28)24-14-20-3-2-12-29-20/h2-7,12,17H,8-11,13-16H2,1H3,(H,23,27)(H2,24,25,28). The van der Waals surface area contributed by atoms with Crippen molar-refractivity contribution in [1.29, 1.82) is 0 Å². The van der Waals surface area contributed by atoms with Crippen molar-refractivity contribution < 1.29 is 14.0 Å². The summed E-state index contributed by atoms with van der Waals surface area (Å²) < 4.78 is 5.13. The molecule has 7 heteroatoms. The molecule has 1 aliphatic rings. The molecule has 0 spiro atoms. The van der Waals surface area contributed by atoms with Crippen molar-refractivity contribution in [2.75, 3.05) is 19.6 Å². The molecule has 1 fully saturated rings. The molecule has 0 bridgehead atoms. The number of likely N-dealkylation sites (tertiary alicyclic amines) is 1. The van der Waals surface area contributed by atoms with Gasteiger partial charge in [0, 0.05) is 13.1 Å². The molecule has 0 atom stereocenters. The lowest BCUT2D eigenvalue weighted by atomic mass is 9.99. The van der Waals surface area contributed by atoms with Crippen LogP contribution in [0.5, 0.6) is 0 Å². The Morgan fingerprint density at radius 1 is 1.00 bits per heavy atom. The highest BCUT2D eigenvalue weighted by molar-refractivity contribution is 5.83. The monoisotopic (exact) mass is 398 g/mol. The van der Waals surface area contributed by atoms with Gasteiger partial charge in [0.25, 0.3) is 0 Å². The van der Waals surface area contributed by atoms with Crippen LogP contribution in [0.4, 0.5) is 4.79 Å². The number of hydrogen-bond donors (Lipinski definition) is 3. The fraction of sp³-hybridized carbons (Fsp3) is 0.455. The number of nitrogens with one attached hydrogen (secondary N) is 3. The molecular weight excluding hydrogens is 368 g/mol. The molecule has 3 N–H and O–H groups in total. The number of furan rings is 1. The van der Waals surface area contributed by atoms with Gasteiger partial charge in [-0.15, -0.1) is 0 Å². The average molecular weight is 399 g/mol. The van der Waals surface area contributed by atoms with E-state index in [1.54, 1.807) is 18.4 Å². The summed E-state index contributed by atoms with van der Waals surface area (Å²) in [5, 5.41) is 7.98. The fourth-order valence-electron chi connectivity index (χ4n) is 3.31. The van der Waals surface area contributed by atoms with E-state index >= 15 is 0 Å². The van der Waals surface area contributed by atoms with E-state index in [2.05, 4.69) is 39.9 Å². The van der Waals surface area contributed by atoms with Gasteiger partial charge >= 0.3 is 6.03 Å². The van der Waals surface area contributed by atoms with E-state index in [0.29, 0.717) is 12.3 Å². The summed E-state index contributed by atoms with van der Waals surface area (Å²) in [6, 6.07) is 11.5. The van der Waals surface area contributed by atoms with Crippen molar-refractivity contribution in [2.45, 2.75) is 39.4 Å². The summed E-state index contributed by atoms with van der Waals surface area (Å²) in [5.41, 5.74) is 2.33. The summed E-state index contributed by atoms with van der Waals surface area (Å²) in [5.74, 6) is 1.27. The SMILES string of the molecule is CC1CCN(Cc2ccc(CNC(=O)CNC(=O)NCc3ccco3)cc2)CC1. The predicted molar refractivity (Wildman–Crippen MR) is 111 cm³/mol. The molecule has 7 nitrogen and oxygen atoms in total. The van der Waals surface area contributed by atoms with Crippen LogP contribution >= 0.6 is 0 Å². The van der Waals surface area contributed by atoms with Gasteiger partial charge in [0.15, 0.2) is 0 Å². The van der Waals surface area contributed by atoms with Crippen LogP contribution in [0.3, 0.4) is 0 Å². The molecule has 156 valence electrons. The molecule has 3 amide bonds. The molecule has 0 aliphatic carbocycles. The molecular formula is C22H30N4O3. The van der Waals surface area contributed by atoms with E-state index in [4.69, 9.17) is 4.42 Å². The van der Waals surface area contributed by atoms with Crippen molar-refractivity contribution in [3.8, 4) is 0 Å². The number of benzene rings is 1. The van der Waals surface area contributed by atoms with Gasteiger partial charge in [-0.25, -0.2) is 4.79 Å². The largest absolute Gasteiger partial charge is 0.467 e. The van der Waals surface area contributed by atoms with Gasteiger partial charge in [-0.1, -0.05) is 31.2 Å². The zero-order valence-electron chi connectivity index (χ0n) is 16.9. The molecule has 0 saturated carbocycles. The lowest BCUT2D eigenvalue weighted by molar-refractivity contribution is -0.120. The van der Waals surface area contributed by atoms with Gasteiger partial charge < -0.3 is 20.4 Å². The van der Waals surface area contributed by atoms with Gasteiger partial charge in [0.05, 0.1) is 19.4 Å². The van der Waals surface area contributed by atoms with Crippen LogP contribution in [-0.4, -0.2) is 36.5 Å². The Morgan fingerprint density at radius 2 is 1.72 bits per heavy atom. The normalized spacial score (nSPS) is 15.1. The van der Waals surface area contributed by atoms with E-state index in [1.165, 1.54) is 31.5 Å². The third-order valence-electron chi connectivity index (χ3n) is 5.21. The molecule has 1 aliphatic heterocycles. The second-order valence-electron chi connectivity index (χ2n) is 7.67. The molecule has 29 heavy (non-hydrogen) atoms. The summed E-state index contributed by atoms with van der Waals surface area (Å²) >= 11 is 0. The van der Waals surface area contributed by atoms with Gasteiger partial charge in [-0.2, -0.15) is 0 Å². The quantitative estimate of drug-likeness (QED) is 0.638. The minimum absolute atomic E-state index is 0.0740. The highest BCUT2D eigenvalue weighted by Gasteiger charge is 2.15.